The lowest BCUT2D eigenvalue weighted by Crippen LogP contribution is -2.22. The average molecular weight is 252 g/mol. The molecule has 18 heavy (non-hydrogen) atoms. The zero-order chi connectivity index (χ0) is 13.4. The molecule has 0 aliphatic heterocycles. The summed E-state index contributed by atoms with van der Waals surface area (Å²) in [6.07, 6.45) is 6.59. The number of unbranched alkanes of at least 4 members (excludes halogenated alkanes) is 3. The Hall–Kier alpha value is -1.36. The Bertz CT molecular complexity index is 373. The number of aromatic nitrogens is 2. The summed E-state index contributed by atoms with van der Waals surface area (Å²) in [6, 6.07) is 0. The van der Waals surface area contributed by atoms with Crippen LogP contribution in [0.5, 0.6) is 0 Å². The van der Waals surface area contributed by atoms with Crippen molar-refractivity contribution in [3.8, 4) is 0 Å². The fraction of sp³-hybridized carbons (Fsp3) is 0.692. The summed E-state index contributed by atoms with van der Waals surface area (Å²) in [7, 11) is 1.90. The van der Waals surface area contributed by atoms with E-state index >= 15 is 0 Å². The number of amides is 1. The van der Waals surface area contributed by atoms with Crippen LogP contribution >= 0.6 is 0 Å². The summed E-state index contributed by atoms with van der Waals surface area (Å²) < 4.78 is 1.81. The van der Waals surface area contributed by atoms with E-state index in [2.05, 4.69) is 10.4 Å². The van der Waals surface area contributed by atoms with E-state index in [4.69, 9.17) is 5.73 Å². The molecular formula is C13H24N4O. The number of carbonyl (C=O) groups excluding carboxylic acids is 1. The summed E-state index contributed by atoms with van der Waals surface area (Å²) in [5, 5.41) is 7.07. The monoisotopic (exact) mass is 252 g/mol. The molecule has 1 heterocycles. The van der Waals surface area contributed by atoms with Gasteiger partial charge >= 0.3 is 0 Å². The van der Waals surface area contributed by atoms with Crippen molar-refractivity contribution in [2.45, 2.75) is 45.6 Å². The summed E-state index contributed by atoms with van der Waals surface area (Å²) in [6.45, 7) is 3.31. The van der Waals surface area contributed by atoms with Gasteiger partial charge < -0.3 is 11.1 Å². The van der Waals surface area contributed by atoms with Gasteiger partial charge in [-0.25, -0.2) is 0 Å². The Balaban J connectivity index is 2.15. The maximum absolute atomic E-state index is 11.6. The van der Waals surface area contributed by atoms with E-state index in [0.29, 0.717) is 13.0 Å². The lowest BCUT2D eigenvalue weighted by molar-refractivity contribution is -0.121. The van der Waals surface area contributed by atoms with Gasteiger partial charge in [-0.2, -0.15) is 5.10 Å². The van der Waals surface area contributed by atoms with Crippen molar-refractivity contribution in [2.24, 2.45) is 12.8 Å². The quantitative estimate of drug-likeness (QED) is 0.684. The number of aryl methyl sites for hydroxylation is 1. The van der Waals surface area contributed by atoms with Crippen LogP contribution in [-0.2, 0) is 18.4 Å². The lowest BCUT2D eigenvalue weighted by atomic mass is 10.1. The van der Waals surface area contributed by atoms with Gasteiger partial charge in [0.1, 0.15) is 0 Å². The molecule has 0 radical (unpaired) electrons. The van der Waals surface area contributed by atoms with E-state index in [1.807, 2.05) is 18.7 Å². The predicted octanol–water partition coefficient (Wildman–Crippen LogP) is 1.25. The molecule has 0 saturated carbocycles. The summed E-state index contributed by atoms with van der Waals surface area (Å²) in [4.78, 5) is 11.6. The van der Waals surface area contributed by atoms with Crippen molar-refractivity contribution in [3.05, 3.63) is 17.5 Å². The third kappa shape index (κ3) is 4.87. The molecule has 0 aliphatic rings. The highest BCUT2D eigenvalue weighted by Crippen LogP contribution is 2.06. The third-order valence-electron chi connectivity index (χ3n) is 3.17. The van der Waals surface area contributed by atoms with Crippen LogP contribution in [0.3, 0.4) is 0 Å². The molecule has 3 N–H and O–H groups in total. The van der Waals surface area contributed by atoms with Crippen molar-refractivity contribution < 1.29 is 4.79 Å². The van der Waals surface area contributed by atoms with E-state index in [-0.39, 0.29) is 5.91 Å². The fourth-order valence-electron chi connectivity index (χ4n) is 1.78. The van der Waals surface area contributed by atoms with Gasteiger partial charge in [0, 0.05) is 31.3 Å². The average Bonchev–Trinajstić information content (AvgIpc) is 2.67. The fourth-order valence-corrected chi connectivity index (χ4v) is 1.78. The molecular weight excluding hydrogens is 228 g/mol. The largest absolute Gasteiger partial charge is 0.352 e. The molecule has 0 fully saturated rings. The first-order chi connectivity index (χ1) is 8.65. The van der Waals surface area contributed by atoms with E-state index in [1.165, 1.54) is 0 Å². The molecule has 5 heteroatoms. The molecule has 0 spiro atoms. The molecule has 1 aromatic rings. The number of nitrogens with zero attached hydrogens (tertiary/aromatic N) is 2. The maximum atomic E-state index is 11.6. The number of nitrogens with two attached hydrogens (primary N) is 1. The molecule has 0 aromatic carbocycles. The molecule has 1 amide bonds. The molecule has 0 unspecified atom stereocenters. The minimum atomic E-state index is 0.117. The van der Waals surface area contributed by atoms with E-state index in [0.717, 1.165) is 43.5 Å². The first kappa shape index (κ1) is 14.7. The Labute approximate surface area is 109 Å². The highest BCUT2D eigenvalue weighted by molar-refractivity contribution is 5.75. The topological polar surface area (TPSA) is 72.9 Å². The second-order valence-electron chi connectivity index (χ2n) is 4.61. The number of nitrogens with one attached hydrogen (secondary N) is 1. The minimum Gasteiger partial charge on any atom is -0.352 e. The van der Waals surface area contributed by atoms with Gasteiger partial charge in [0.25, 0.3) is 0 Å². The smallest absolute Gasteiger partial charge is 0.220 e. The van der Waals surface area contributed by atoms with Crippen LogP contribution in [0.15, 0.2) is 6.20 Å². The van der Waals surface area contributed by atoms with E-state index in [9.17, 15) is 4.79 Å². The molecule has 0 aliphatic carbocycles. The molecule has 0 saturated heterocycles. The van der Waals surface area contributed by atoms with Gasteiger partial charge in [-0.1, -0.05) is 12.8 Å². The van der Waals surface area contributed by atoms with E-state index < -0.39 is 0 Å². The second kappa shape index (κ2) is 7.87. The van der Waals surface area contributed by atoms with Crippen molar-refractivity contribution in [1.29, 1.82) is 0 Å². The predicted molar refractivity (Wildman–Crippen MR) is 71.9 cm³/mol. The van der Waals surface area contributed by atoms with Crippen LogP contribution in [0.25, 0.3) is 0 Å². The summed E-state index contributed by atoms with van der Waals surface area (Å²) >= 11 is 0. The van der Waals surface area contributed by atoms with Gasteiger partial charge in [-0.05, 0) is 26.3 Å². The van der Waals surface area contributed by atoms with Crippen LogP contribution in [0.2, 0.25) is 0 Å². The third-order valence-corrected chi connectivity index (χ3v) is 3.17. The molecule has 102 valence electrons. The standard InChI is InChI=1S/C13H24N4O/c1-11-12(10-16-17(11)2)9-15-13(18)7-5-3-4-6-8-14/h10H,3-9,14H2,1-2H3,(H,15,18). The van der Waals surface area contributed by atoms with Gasteiger partial charge in [-0.15, -0.1) is 0 Å². The Morgan fingerprint density at radius 1 is 1.39 bits per heavy atom. The van der Waals surface area contributed by atoms with Crippen LogP contribution < -0.4 is 11.1 Å². The first-order valence-corrected chi connectivity index (χ1v) is 6.59. The van der Waals surface area contributed by atoms with Gasteiger partial charge in [0.15, 0.2) is 0 Å². The van der Waals surface area contributed by atoms with E-state index in [1.54, 1.807) is 6.20 Å². The number of rotatable bonds is 8. The Morgan fingerprint density at radius 3 is 2.72 bits per heavy atom. The number of hydrogen-bond donors (Lipinski definition) is 2. The molecule has 1 aromatic heterocycles. The van der Waals surface area contributed by atoms with Crippen molar-refractivity contribution >= 4 is 5.91 Å². The molecule has 0 atom stereocenters. The normalized spacial score (nSPS) is 10.6. The van der Waals surface area contributed by atoms with Gasteiger partial charge in [-0.3, -0.25) is 9.48 Å². The van der Waals surface area contributed by atoms with Crippen molar-refractivity contribution in [3.63, 3.8) is 0 Å². The van der Waals surface area contributed by atoms with Gasteiger partial charge in [0.05, 0.1) is 6.20 Å². The zero-order valence-electron chi connectivity index (χ0n) is 11.4. The SMILES string of the molecule is Cc1c(CNC(=O)CCCCCCN)cnn1C. The maximum Gasteiger partial charge on any atom is 0.220 e. The summed E-state index contributed by atoms with van der Waals surface area (Å²) in [5.41, 5.74) is 7.58. The van der Waals surface area contributed by atoms with Crippen LogP contribution in [-0.4, -0.2) is 22.2 Å². The van der Waals surface area contributed by atoms with Crippen molar-refractivity contribution in [1.82, 2.24) is 15.1 Å². The molecule has 0 bridgehead atoms. The van der Waals surface area contributed by atoms with Gasteiger partial charge in [0.2, 0.25) is 5.91 Å². The minimum absolute atomic E-state index is 0.117. The van der Waals surface area contributed by atoms with Crippen LogP contribution in [0.1, 0.15) is 43.4 Å². The summed E-state index contributed by atoms with van der Waals surface area (Å²) in [5.74, 6) is 0.117. The zero-order valence-corrected chi connectivity index (χ0v) is 11.4. The highest BCUT2D eigenvalue weighted by atomic mass is 16.1. The number of carbonyl (C=O) groups is 1. The molecule has 5 nitrogen and oxygen atoms in total. The Morgan fingerprint density at radius 2 is 2.11 bits per heavy atom. The molecule has 1 rings (SSSR count). The Kier molecular flexibility index (Phi) is 6.43. The lowest BCUT2D eigenvalue weighted by Gasteiger charge is -2.05. The number of hydrogen-bond acceptors (Lipinski definition) is 3. The van der Waals surface area contributed by atoms with Crippen molar-refractivity contribution in [2.75, 3.05) is 6.54 Å². The van der Waals surface area contributed by atoms with Crippen LogP contribution in [0.4, 0.5) is 0 Å². The first-order valence-electron chi connectivity index (χ1n) is 6.59. The highest BCUT2D eigenvalue weighted by Gasteiger charge is 2.05. The second-order valence-corrected chi connectivity index (χ2v) is 4.61. The van der Waals surface area contributed by atoms with Crippen LogP contribution in [0, 0.1) is 6.92 Å².